The normalized spacial score (nSPS) is 11.2. The predicted octanol–water partition coefficient (Wildman–Crippen LogP) is 24.1. The number of halogens is 11. The molecule has 12 rings (SSSR count). The average Bonchev–Trinajstić information content (AvgIpc) is 0.889. The minimum absolute atomic E-state index is 0.0817. The largest absolute Gasteiger partial charge is 0.299 e. The van der Waals surface area contributed by atoms with Crippen molar-refractivity contribution in [3.63, 3.8) is 0 Å². The number of hydrogen-bond donors (Lipinski definition) is 0. The fourth-order valence-corrected chi connectivity index (χ4v) is 10.0. The van der Waals surface area contributed by atoms with Crippen LogP contribution in [0.3, 0.4) is 0 Å². The molecule has 0 spiro atoms. The van der Waals surface area contributed by atoms with Gasteiger partial charge >= 0.3 is 0 Å². The molecule has 1 aliphatic rings. The highest BCUT2D eigenvalue weighted by Crippen LogP contribution is 2.25. The Kier molecular flexibility index (Phi) is 66.8. The summed E-state index contributed by atoms with van der Waals surface area (Å²) in [6, 6.07) is 48.7. The maximum atomic E-state index is 12.8. The second kappa shape index (κ2) is 76.9. The highest BCUT2D eigenvalue weighted by molar-refractivity contribution is 6.42. The third-order valence-electron chi connectivity index (χ3n) is 15.2. The summed E-state index contributed by atoms with van der Waals surface area (Å²) in [6.45, 7) is 1.86. The van der Waals surface area contributed by atoms with Gasteiger partial charge in [-0.15, -0.1) is 0 Å². The standard InChI is InChI=1S/C9H6Cl2O.C9H6ClFO.C9H7ClO.C9H6F2O.3C9H7FO.C9H14O.C8H6FNO.C8H8N2O.2C8H7NO/c2*10-8-4-3-7(2-1-5-12)6-9(8)11;10-9-5-1-3-8(7-9)4-2-6-11;10-8-4-7(2-1-3-12)5-9(11)6-8;10-9-5-1-3-8(7-9)4-2-6-11;10-9-5-3-8(4-6-9)2-1-7-11;10-9-6-2-1-4-8(9)5-3-7-11;10-8-4-7-9-5-2-1-3-6-9;9-8-4-7(2-1-3-11)5-10-6-8;1-7-5-10-8(6-9-7)3-2-4-11;10-6-2-4-8-3-1-5-9-7-8;10-7-3-5-8-4-1-2-6-9-8/h2*1-6H;1-7H;1-6H;3*1-7H;4,7-9H,1-3,5-6H2;1-6H;2-6H,1H3;2*1-7H/b2*2-1+;4-2+;2-1+;4-2+;2-1+;5-3+;7-4+;2-1+;3-2+;4-2+;5-3+. The molecule has 0 bridgehead atoms. The zero-order chi connectivity index (χ0) is 97.3. The summed E-state index contributed by atoms with van der Waals surface area (Å²) >= 11 is 22.6. The zero-order valence-electron chi connectivity index (χ0n) is 70.6. The molecule has 4 heterocycles. The Bertz CT molecular complexity index is 5330. The average molecular weight is 1870 g/mol. The minimum Gasteiger partial charge on any atom is -0.299 e. The third kappa shape index (κ3) is 61.1. The molecule has 678 valence electrons. The number of aldehydes is 12. The number of allylic oxidation sites excluding steroid dienone is 13. The number of carbonyl (C=O) groups is 12. The van der Waals surface area contributed by atoms with Crippen molar-refractivity contribution in [2.75, 3.05) is 0 Å². The van der Waals surface area contributed by atoms with Crippen molar-refractivity contribution in [3.05, 3.63) is 438 Å². The molecule has 0 radical (unpaired) electrons. The maximum absolute atomic E-state index is 12.8. The summed E-state index contributed by atoms with van der Waals surface area (Å²) in [4.78, 5) is 138. The molecule has 0 saturated heterocycles. The Labute approximate surface area is 780 Å². The molecule has 4 aromatic heterocycles. The quantitative estimate of drug-likeness (QED) is 0.0309. The molecule has 0 atom stereocenters. The smallest absolute Gasteiger partial charge is 0.142 e. The molecule has 0 aliphatic heterocycles. The van der Waals surface area contributed by atoms with Crippen molar-refractivity contribution in [1.82, 2.24) is 24.9 Å². The van der Waals surface area contributed by atoms with Crippen molar-refractivity contribution in [2.24, 2.45) is 5.92 Å². The van der Waals surface area contributed by atoms with Crippen LogP contribution >= 0.6 is 46.4 Å². The molecule has 132 heavy (non-hydrogen) atoms. The molecule has 1 fully saturated rings. The van der Waals surface area contributed by atoms with Crippen LogP contribution in [0.15, 0.2) is 310 Å². The first-order valence-electron chi connectivity index (χ1n) is 39.0. The highest BCUT2D eigenvalue weighted by Gasteiger charge is 2.09. The number of nitrogens with zero attached hydrogens (tertiary/aromatic N) is 5. The van der Waals surface area contributed by atoms with E-state index in [1.54, 1.807) is 158 Å². The van der Waals surface area contributed by atoms with Gasteiger partial charge in [-0.3, -0.25) is 82.5 Å². The van der Waals surface area contributed by atoms with Gasteiger partial charge in [0.2, 0.25) is 0 Å². The number of pyridine rings is 3. The second-order valence-electron chi connectivity index (χ2n) is 25.2. The molecule has 1 saturated carbocycles. The van der Waals surface area contributed by atoms with Crippen molar-refractivity contribution < 1.29 is 88.3 Å². The van der Waals surface area contributed by atoms with Gasteiger partial charge in [-0.1, -0.05) is 199 Å². The Morgan fingerprint density at radius 2 is 0.720 bits per heavy atom. The lowest BCUT2D eigenvalue weighted by Gasteiger charge is -2.17. The van der Waals surface area contributed by atoms with E-state index in [2.05, 4.69) is 24.9 Å². The monoisotopic (exact) mass is 1870 g/mol. The fraction of sp³-hybridized carbons (Fsp3) is 0.0673. The van der Waals surface area contributed by atoms with E-state index in [1.807, 2.05) is 55.5 Å². The first-order valence-corrected chi connectivity index (χ1v) is 40.5. The summed E-state index contributed by atoms with van der Waals surface area (Å²) < 4.78 is 87.7. The molecular formula is C104H88Cl4F7N5O12. The minimum atomic E-state index is -0.652. The van der Waals surface area contributed by atoms with Crippen LogP contribution in [0.1, 0.15) is 99.3 Å². The van der Waals surface area contributed by atoms with Crippen LogP contribution in [0.4, 0.5) is 30.7 Å². The Balaban J connectivity index is 0.000000720. The van der Waals surface area contributed by atoms with Crippen LogP contribution in [-0.2, 0) is 57.5 Å². The highest BCUT2D eigenvalue weighted by atomic mass is 35.5. The number of aryl methyl sites for hydroxylation is 1. The second-order valence-corrected chi connectivity index (χ2v) is 26.8. The molecule has 0 N–H and O–H groups in total. The van der Waals surface area contributed by atoms with Gasteiger partial charge in [0.25, 0.3) is 0 Å². The first kappa shape index (κ1) is 115. The Morgan fingerprint density at radius 3 is 1.21 bits per heavy atom. The summed E-state index contributed by atoms with van der Waals surface area (Å²) in [7, 11) is 0. The molecule has 0 unspecified atom stereocenters. The molecule has 17 nitrogen and oxygen atoms in total. The number of benzene rings is 7. The topological polar surface area (TPSA) is 269 Å². The molecule has 11 aromatic rings. The molecule has 7 aromatic carbocycles. The van der Waals surface area contributed by atoms with E-state index in [1.165, 1.54) is 178 Å². The van der Waals surface area contributed by atoms with Gasteiger partial charge in [0.1, 0.15) is 116 Å². The molecule has 28 heteroatoms. The summed E-state index contributed by atoms with van der Waals surface area (Å²) in [6.07, 6.45) is 61.6. The van der Waals surface area contributed by atoms with E-state index in [0.717, 1.165) is 83.2 Å². The van der Waals surface area contributed by atoms with Gasteiger partial charge in [-0.2, -0.15) is 0 Å². The lowest BCUT2D eigenvalue weighted by atomic mass is 9.89. The number of hydrogen-bond acceptors (Lipinski definition) is 17. The Hall–Kier alpha value is -15.3. The van der Waals surface area contributed by atoms with Crippen LogP contribution < -0.4 is 0 Å². The van der Waals surface area contributed by atoms with E-state index < -0.39 is 23.3 Å². The SMILES string of the molecule is Cc1cnc(/C=C/C=O)cn1.O=C/C=C/C1CCCCC1.O=C/C=C/c1cc(F)cc(F)c1.O=C/C=C/c1ccc(Cl)c(Cl)c1.O=C/C=C/c1ccc(Cl)c(F)c1.O=C/C=C/c1ccc(F)cc1.O=C/C=C/c1cccc(Cl)c1.O=C/C=C/c1cccc(F)c1.O=C/C=C/c1ccccc1F.O=C/C=C/c1ccccn1.O=C/C=C/c1cccnc1.O=C/C=C/c1cncc(F)c1. The van der Waals surface area contributed by atoms with Gasteiger partial charge in [0.05, 0.1) is 44.5 Å². The van der Waals surface area contributed by atoms with E-state index in [0.29, 0.717) is 105 Å². The summed E-state index contributed by atoms with van der Waals surface area (Å²) in [5, 5.41) is 1.76. The van der Waals surface area contributed by atoms with Gasteiger partial charge in [-0.25, -0.2) is 30.7 Å². The van der Waals surface area contributed by atoms with E-state index in [4.69, 9.17) is 46.4 Å². The van der Waals surface area contributed by atoms with Crippen LogP contribution in [0.5, 0.6) is 0 Å². The predicted molar refractivity (Wildman–Crippen MR) is 512 cm³/mol. The van der Waals surface area contributed by atoms with Gasteiger partial charge in [0.15, 0.2) is 0 Å². The van der Waals surface area contributed by atoms with Crippen molar-refractivity contribution in [3.8, 4) is 0 Å². The lowest BCUT2D eigenvalue weighted by Crippen LogP contribution is -2.02. The van der Waals surface area contributed by atoms with Gasteiger partial charge in [0, 0.05) is 47.6 Å². The lowest BCUT2D eigenvalue weighted by molar-refractivity contribution is -0.104. The van der Waals surface area contributed by atoms with E-state index in [9.17, 15) is 88.3 Å². The fourth-order valence-electron chi connectivity index (χ4n) is 9.42. The van der Waals surface area contributed by atoms with Gasteiger partial charge in [-0.05, 0) is 264 Å². The molecular weight excluding hydrogens is 1790 g/mol. The molecule has 0 amide bonds. The Morgan fingerprint density at radius 1 is 0.273 bits per heavy atom. The van der Waals surface area contributed by atoms with Crippen LogP contribution in [0.2, 0.25) is 20.1 Å². The number of aromatic nitrogens is 5. The maximum Gasteiger partial charge on any atom is 0.142 e. The zero-order valence-corrected chi connectivity index (χ0v) is 73.7. The third-order valence-corrected chi connectivity index (χ3v) is 16.5. The summed E-state index contributed by atoms with van der Waals surface area (Å²) in [5.41, 5.74) is 8.57. The number of rotatable bonds is 24. The van der Waals surface area contributed by atoms with E-state index in [-0.39, 0.29) is 22.5 Å². The van der Waals surface area contributed by atoms with Crippen LogP contribution in [0.25, 0.3) is 66.8 Å². The van der Waals surface area contributed by atoms with Crippen LogP contribution in [-0.4, -0.2) is 100 Å². The van der Waals surface area contributed by atoms with E-state index >= 15 is 0 Å². The van der Waals surface area contributed by atoms with Crippen molar-refractivity contribution in [2.45, 2.75) is 39.0 Å². The molecule has 1 aliphatic carbocycles. The van der Waals surface area contributed by atoms with Crippen molar-refractivity contribution in [1.29, 1.82) is 0 Å². The van der Waals surface area contributed by atoms with Crippen LogP contribution in [0, 0.1) is 53.6 Å². The summed E-state index contributed by atoms with van der Waals surface area (Å²) in [5.74, 6) is -2.38. The van der Waals surface area contributed by atoms with Gasteiger partial charge < -0.3 is 0 Å². The van der Waals surface area contributed by atoms with Crippen molar-refractivity contribution >= 4 is 189 Å². The number of carbonyl (C=O) groups excluding carboxylic acids is 12. The first-order chi connectivity index (χ1) is 64.0.